The highest BCUT2D eigenvalue weighted by Crippen LogP contribution is 2.11. The number of Topliss-reactive ketones (excluding diaryl/α,β-unsaturated/α-hetero) is 1. The molecule has 0 aliphatic rings. The Hall–Kier alpha value is -1.68. The van der Waals surface area contributed by atoms with E-state index in [4.69, 9.17) is 5.11 Å². The second-order valence-electron chi connectivity index (χ2n) is 4.85. The minimum absolute atomic E-state index is 0.00265. The van der Waals surface area contributed by atoms with Crippen LogP contribution in [0.5, 0.6) is 0 Å². The van der Waals surface area contributed by atoms with Gasteiger partial charge >= 0.3 is 5.97 Å². The molecule has 0 heterocycles. The van der Waals surface area contributed by atoms with E-state index in [9.17, 15) is 9.59 Å². The summed E-state index contributed by atoms with van der Waals surface area (Å²) in [6, 6.07) is 7.18. The number of carbonyl (C=O) groups is 2. The van der Waals surface area contributed by atoms with Gasteiger partial charge in [-0.15, -0.1) is 0 Å². The summed E-state index contributed by atoms with van der Waals surface area (Å²) in [4.78, 5) is 23.0. The third-order valence-corrected chi connectivity index (χ3v) is 3.19. The first-order valence-corrected chi connectivity index (χ1v) is 7.16. The molecule has 0 aliphatic heterocycles. The van der Waals surface area contributed by atoms with Crippen LogP contribution in [0, 0.1) is 0 Å². The van der Waals surface area contributed by atoms with E-state index in [-0.39, 0.29) is 12.2 Å². The maximum atomic E-state index is 12.4. The lowest BCUT2D eigenvalue weighted by molar-refractivity contribution is -0.137. The summed E-state index contributed by atoms with van der Waals surface area (Å²) in [5.41, 5.74) is 1.86. The first-order chi connectivity index (χ1) is 9.58. The van der Waals surface area contributed by atoms with Crippen molar-refractivity contribution in [2.75, 3.05) is 6.54 Å². The highest BCUT2D eigenvalue weighted by molar-refractivity contribution is 6.00. The lowest BCUT2D eigenvalue weighted by Crippen LogP contribution is -2.37. The molecule has 1 aromatic rings. The van der Waals surface area contributed by atoms with Crippen LogP contribution in [0.1, 0.15) is 49.0 Å². The molecule has 4 nitrogen and oxygen atoms in total. The second kappa shape index (κ2) is 8.48. The maximum Gasteiger partial charge on any atom is 0.303 e. The molecule has 1 rings (SSSR count). The number of likely N-dealkylation sites (N-methyl/N-ethyl adjacent to an activating group) is 1. The summed E-state index contributed by atoms with van der Waals surface area (Å²) >= 11 is 0. The molecule has 0 aromatic heterocycles. The predicted octanol–water partition coefficient (Wildman–Crippen LogP) is 2.66. The number of carbonyl (C=O) groups excluding carboxylic acids is 1. The Labute approximate surface area is 120 Å². The average molecular weight is 277 g/mol. The Morgan fingerprint density at radius 3 is 2.35 bits per heavy atom. The van der Waals surface area contributed by atoms with Crippen LogP contribution in [0.2, 0.25) is 0 Å². The van der Waals surface area contributed by atoms with E-state index in [2.05, 4.69) is 12.2 Å². The van der Waals surface area contributed by atoms with Gasteiger partial charge in [-0.3, -0.25) is 9.59 Å². The number of benzene rings is 1. The van der Waals surface area contributed by atoms with Crippen molar-refractivity contribution in [1.29, 1.82) is 0 Å². The van der Waals surface area contributed by atoms with Gasteiger partial charge in [0.05, 0.1) is 6.04 Å². The number of aliphatic carboxylic acids is 1. The fourth-order valence-corrected chi connectivity index (χ4v) is 2.17. The predicted molar refractivity (Wildman–Crippen MR) is 79.1 cm³/mol. The van der Waals surface area contributed by atoms with Crippen LogP contribution in [0.3, 0.4) is 0 Å². The van der Waals surface area contributed by atoms with Crippen molar-refractivity contribution in [2.45, 2.75) is 45.6 Å². The molecule has 2 N–H and O–H groups in total. The first kappa shape index (κ1) is 16.4. The zero-order chi connectivity index (χ0) is 15.0. The zero-order valence-corrected chi connectivity index (χ0v) is 12.2. The fraction of sp³-hybridized carbons (Fsp3) is 0.500. The lowest BCUT2D eigenvalue weighted by atomic mass is 9.98. The number of hydrogen-bond acceptors (Lipinski definition) is 3. The van der Waals surface area contributed by atoms with Crippen LogP contribution < -0.4 is 5.32 Å². The second-order valence-corrected chi connectivity index (χ2v) is 4.85. The van der Waals surface area contributed by atoms with Crippen molar-refractivity contribution in [3.8, 4) is 0 Å². The number of hydrogen-bond donors (Lipinski definition) is 2. The standard InChI is InChI=1S/C16H23NO3/c1-3-5-12-6-8-13(9-7-12)16(20)14(17-4-2)10-11-15(18)19/h6-9,14,17H,3-5,10-11H2,1-2H3,(H,18,19). The molecular formula is C16H23NO3. The Kier molecular flexibility index (Phi) is 6.94. The summed E-state index contributed by atoms with van der Waals surface area (Å²) < 4.78 is 0. The molecule has 0 saturated carbocycles. The minimum Gasteiger partial charge on any atom is -0.481 e. The van der Waals surface area contributed by atoms with Crippen LogP contribution in [-0.2, 0) is 11.2 Å². The molecule has 1 atom stereocenters. The quantitative estimate of drug-likeness (QED) is 0.681. The average Bonchev–Trinajstić information content (AvgIpc) is 2.44. The molecule has 0 aliphatic carbocycles. The lowest BCUT2D eigenvalue weighted by Gasteiger charge is -2.16. The van der Waals surface area contributed by atoms with Crippen molar-refractivity contribution in [2.24, 2.45) is 0 Å². The SMILES string of the molecule is CCCc1ccc(C(=O)C(CCC(=O)O)NCC)cc1. The largest absolute Gasteiger partial charge is 0.481 e. The third-order valence-electron chi connectivity index (χ3n) is 3.19. The molecule has 0 fully saturated rings. The van der Waals surface area contributed by atoms with Gasteiger partial charge in [0.2, 0.25) is 0 Å². The normalized spacial score (nSPS) is 12.1. The van der Waals surface area contributed by atoms with E-state index in [0.717, 1.165) is 12.8 Å². The van der Waals surface area contributed by atoms with Gasteiger partial charge in [0.1, 0.15) is 0 Å². The van der Waals surface area contributed by atoms with Crippen LogP contribution in [0.4, 0.5) is 0 Å². The molecule has 20 heavy (non-hydrogen) atoms. The number of carboxylic acid groups (broad SMARTS) is 1. The van der Waals surface area contributed by atoms with Crippen molar-refractivity contribution in [1.82, 2.24) is 5.32 Å². The Morgan fingerprint density at radius 2 is 1.85 bits per heavy atom. The Morgan fingerprint density at radius 1 is 1.20 bits per heavy atom. The highest BCUT2D eigenvalue weighted by Gasteiger charge is 2.19. The summed E-state index contributed by atoms with van der Waals surface area (Å²) in [6.45, 7) is 4.67. The number of aryl methyl sites for hydroxylation is 1. The summed E-state index contributed by atoms with van der Waals surface area (Å²) in [6.07, 6.45) is 2.39. The van der Waals surface area contributed by atoms with Crippen LogP contribution in [0.15, 0.2) is 24.3 Å². The molecule has 110 valence electrons. The van der Waals surface area contributed by atoms with Gasteiger partial charge in [0.25, 0.3) is 0 Å². The summed E-state index contributed by atoms with van der Waals surface area (Å²) in [5.74, 6) is -0.907. The van der Waals surface area contributed by atoms with E-state index in [1.807, 2.05) is 31.2 Å². The van der Waals surface area contributed by atoms with Gasteiger partial charge in [0, 0.05) is 12.0 Å². The number of rotatable bonds is 9. The van der Waals surface area contributed by atoms with Gasteiger partial charge in [0.15, 0.2) is 5.78 Å². The van der Waals surface area contributed by atoms with Crippen molar-refractivity contribution in [3.05, 3.63) is 35.4 Å². The van der Waals surface area contributed by atoms with Gasteiger partial charge in [-0.25, -0.2) is 0 Å². The Balaban J connectivity index is 2.74. The van der Waals surface area contributed by atoms with Gasteiger partial charge < -0.3 is 10.4 Å². The molecule has 0 radical (unpaired) electrons. The molecule has 0 bridgehead atoms. The van der Waals surface area contributed by atoms with Gasteiger partial charge in [-0.1, -0.05) is 44.5 Å². The van der Waals surface area contributed by atoms with Gasteiger partial charge in [-0.05, 0) is 24.9 Å². The number of ketones is 1. The highest BCUT2D eigenvalue weighted by atomic mass is 16.4. The van der Waals surface area contributed by atoms with Gasteiger partial charge in [-0.2, -0.15) is 0 Å². The number of nitrogens with one attached hydrogen (secondary N) is 1. The molecular weight excluding hydrogens is 254 g/mol. The fourth-order valence-electron chi connectivity index (χ4n) is 2.17. The summed E-state index contributed by atoms with van der Waals surface area (Å²) in [5, 5.41) is 11.8. The molecule has 0 saturated heterocycles. The summed E-state index contributed by atoms with van der Waals surface area (Å²) in [7, 11) is 0. The van der Waals surface area contributed by atoms with E-state index < -0.39 is 12.0 Å². The molecule has 0 spiro atoms. The van der Waals surface area contributed by atoms with E-state index in [0.29, 0.717) is 18.5 Å². The van der Waals surface area contributed by atoms with E-state index >= 15 is 0 Å². The van der Waals surface area contributed by atoms with Crippen LogP contribution in [-0.4, -0.2) is 29.4 Å². The van der Waals surface area contributed by atoms with Crippen molar-refractivity contribution >= 4 is 11.8 Å². The maximum absolute atomic E-state index is 12.4. The minimum atomic E-state index is -0.876. The van der Waals surface area contributed by atoms with Crippen molar-refractivity contribution in [3.63, 3.8) is 0 Å². The third kappa shape index (κ3) is 5.13. The Bertz CT molecular complexity index is 440. The van der Waals surface area contributed by atoms with Crippen molar-refractivity contribution < 1.29 is 14.7 Å². The van der Waals surface area contributed by atoms with Crippen LogP contribution >= 0.6 is 0 Å². The van der Waals surface area contributed by atoms with Crippen LogP contribution in [0.25, 0.3) is 0 Å². The molecule has 0 amide bonds. The smallest absolute Gasteiger partial charge is 0.303 e. The van der Waals surface area contributed by atoms with E-state index in [1.54, 1.807) is 0 Å². The topological polar surface area (TPSA) is 66.4 Å². The van der Waals surface area contributed by atoms with E-state index in [1.165, 1.54) is 5.56 Å². The number of carboxylic acids is 1. The monoisotopic (exact) mass is 277 g/mol. The molecule has 1 unspecified atom stereocenters. The first-order valence-electron chi connectivity index (χ1n) is 7.16. The molecule has 1 aromatic carbocycles. The zero-order valence-electron chi connectivity index (χ0n) is 12.2. The molecule has 4 heteroatoms.